The van der Waals surface area contributed by atoms with E-state index in [1.807, 2.05) is 13.8 Å². The van der Waals surface area contributed by atoms with Crippen LogP contribution in [0.15, 0.2) is 48.5 Å². The molecule has 0 aromatic heterocycles. The van der Waals surface area contributed by atoms with Crippen molar-refractivity contribution in [2.75, 3.05) is 23.7 Å². The first-order valence-electron chi connectivity index (χ1n) is 10.4. The van der Waals surface area contributed by atoms with Gasteiger partial charge in [-0.3, -0.25) is 13.9 Å². The van der Waals surface area contributed by atoms with Crippen molar-refractivity contribution in [3.63, 3.8) is 0 Å². The van der Waals surface area contributed by atoms with Crippen LogP contribution in [0.2, 0.25) is 5.02 Å². The van der Waals surface area contributed by atoms with Crippen LogP contribution in [0.25, 0.3) is 0 Å². The number of nitrogens with one attached hydrogen (secondary N) is 1. The summed E-state index contributed by atoms with van der Waals surface area (Å²) in [6.45, 7) is 5.39. The van der Waals surface area contributed by atoms with Crippen molar-refractivity contribution in [1.82, 2.24) is 10.2 Å². The van der Waals surface area contributed by atoms with Crippen LogP contribution >= 0.6 is 11.6 Å². The van der Waals surface area contributed by atoms with Gasteiger partial charge in [0.2, 0.25) is 21.8 Å². The first kappa shape index (κ1) is 26.6. The summed E-state index contributed by atoms with van der Waals surface area (Å²) in [5.74, 6) is -1.38. The molecular formula is C23H29ClFN3O4S. The summed E-state index contributed by atoms with van der Waals surface area (Å²) in [4.78, 5) is 27.4. The number of anilines is 1. The van der Waals surface area contributed by atoms with Gasteiger partial charge in [0.05, 0.1) is 11.9 Å². The number of halogens is 2. The molecule has 0 unspecified atom stereocenters. The molecule has 33 heavy (non-hydrogen) atoms. The van der Waals surface area contributed by atoms with E-state index in [4.69, 9.17) is 11.6 Å². The standard InChI is InChI=1S/C23H29ClFN3O4S/c1-16(2)13-26-23(30)17(3)27(14-18-8-10-19(24)11-9-18)22(29)15-28(33(4,31)32)21-7-5-6-20(25)12-21/h5-12,16-17H,13-15H2,1-4H3,(H,26,30)/t17-/m0/s1. The fraction of sp³-hybridized carbons (Fsp3) is 0.391. The van der Waals surface area contributed by atoms with Crippen molar-refractivity contribution in [1.29, 1.82) is 0 Å². The van der Waals surface area contributed by atoms with Crippen molar-refractivity contribution in [3.05, 3.63) is 64.9 Å². The van der Waals surface area contributed by atoms with Crippen LogP contribution in [0.5, 0.6) is 0 Å². The summed E-state index contributed by atoms with van der Waals surface area (Å²) < 4.78 is 39.4. The Morgan fingerprint density at radius 3 is 2.27 bits per heavy atom. The number of benzene rings is 2. The Morgan fingerprint density at radius 1 is 1.09 bits per heavy atom. The predicted octanol–water partition coefficient (Wildman–Crippen LogP) is 3.43. The van der Waals surface area contributed by atoms with E-state index in [1.54, 1.807) is 31.2 Å². The largest absolute Gasteiger partial charge is 0.354 e. The Labute approximate surface area is 199 Å². The lowest BCUT2D eigenvalue weighted by Gasteiger charge is -2.31. The van der Waals surface area contributed by atoms with Crippen LogP contribution in [0.4, 0.5) is 10.1 Å². The molecule has 0 aliphatic heterocycles. The molecule has 2 aromatic carbocycles. The second kappa shape index (κ2) is 11.5. The molecule has 0 bridgehead atoms. The fourth-order valence-electron chi connectivity index (χ4n) is 3.07. The summed E-state index contributed by atoms with van der Waals surface area (Å²) >= 11 is 5.95. The molecule has 0 saturated carbocycles. The van der Waals surface area contributed by atoms with Gasteiger partial charge in [0.25, 0.3) is 0 Å². The molecule has 180 valence electrons. The van der Waals surface area contributed by atoms with Gasteiger partial charge < -0.3 is 10.2 Å². The SMILES string of the molecule is CC(C)CNC(=O)[C@H](C)N(Cc1ccc(Cl)cc1)C(=O)CN(c1cccc(F)c1)S(C)(=O)=O. The van der Waals surface area contributed by atoms with Crippen molar-refractivity contribution in [2.24, 2.45) is 5.92 Å². The number of hydrogen-bond acceptors (Lipinski definition) is 4. The van der Waals surface area contributed by atoms with Gasteiger partial charge in [-0.25, -0.2) is 12.8 Å². The number of carbonyl (C=O) groups excluding carboxylic acids is 2. The number of amides is 2. The minimum Gasteiger partial charge on any atom is -0.354 e. The molecule has 0 spiro atoms. The molecule has 0 aliphatic rings. The van der Waals surface area contributed by atoms with Gasteiger partial charge in [0.1, 0.15) is 18.4 Å². The van der Waals surface area contributed by atoms with Gasteiger partial charge >= 0.3 is 0 Å². The lowest BCUT2D eigenvalue weighted by Crippen LogP contribution is -2.51. The van der Waals surface area contributed by atoms with Crippen LogP contribution in [0, 0.1) is 11.7 Å². The van der Waals surface area contributed by atoms with E-state index in [2.05, 4.69) is 5.32 Å². The van der Waals surface area contributed by atoms with Gasteiger partial charge in [-0.1, -0.05) is 43.6 Å². The second-order valence-corrected chi connectivity index (χ2v) is 10.6. The fourth-order valence-corrected chi connectivity index (χ4v) is 4.03. The Balaban J connectivity index is 2.35. The molecule has 2 amide bonds. The molecule has 0 fully saturated rings. The summed E-state index contributed by atoms with van der Waals surface area (Å²) in [6, 6.07) is 10.9. The number of hydrogen-bond donors (Lipinski definition) is 1. The third-order valence-corrected chi connectivity index (χ3v) is 6.29. The number of nitrogens with zero attached hydrogens (tertiary/aromatic N) is 2. The Hall–Kier alpha value is -2.65. The molecule has 1 N–H and O–H groups in total. The number of carbonyl (C=O) groups is 2. The van der Waals surface area contributed by atoms with Crippen LogP contribution < -0.4 is 9.62 Å². The highest BCUT2D eigenvalue weighted by molar-refractivity contribution is 7.92. The summed E-state index contributed by atoms with van der Waals surface area (Å²) in [5.41, 5.74) is 0.738. The summed E-state index contributed by atoms with van der Waals surface area (Å²) in [6.07, 6.45) is 0.938. The average Bonchev–Trinajstić information content (AvgIpc) is 2.73. The van der Waals surface area contributed by atoms with Crippen LogP contribution in [-0.4, -0.2) is 50.5 Å². The van der Waals surface area contributed by atoms with E-state index in [9.17, 15) is 22.4 Å². The maximum absolute atomic E-state index is 13.7. The average molecular weight is 498 g/mol. The summed E-state index contributed by atoms with van der Waals surface area (Å²) in [5, 5.41) is 3.32. The second-order valence-electron chi connectivity index (χ2n) is 8.21. The first-order chi connectivity index (χ1) is 15.4. The predicted molar refractivity (Wildman–Crippen MR) is 128 cm³/mol. The molecule has 7 nitrogen and oxygen atoms in total. The van der Waals surface area contributed by atoms with Crippen LogP contribution in [0.3, 0.4) is 0 Å². The van der Waals surface area contributed by atoms with Gasteiger partial charge in [0.15, 0.2) is 0 Å². The van der Waals surface area contributed by atoms with Gasteiger partial charge in [0, 0.05) is 18.1 Å². The quantitative estimate of drug-likeness (QED) is 0.544. The van der Waals surface area contributed by atoms with E-state index < -0.39 is 34.3 Å². The normalized spacial score (nSPS) is 12.3. The van der Waals surface area contributed by atoms with Crippen molar-refractivity contribution in [2.45, 2.75) is 33.4 Å². The van der Waals surface area contributed by atoms with Gasteiger partial charge in [-0.2, -0.15) is 0 Å². The maximum Gasteiger partial charge on any atom is 0.244 e. The molecule has 0 radical (unpaired) electrons. The lowest BCUT2D eigenvalue weighted by atomic mass is 10.1. The van der Waals surface area contributed by atoms with E-state index >= 15 is 0 Å². The molecule has 2 rings (SSSR count). The first-order valence-corrected chi connectivity index (χ1v) is 12.7. The highest BCUT2D eigenvalue weighted by Gasteiger charge is 2.30. The van der Waals surface area contributed by atoms with E-state index in [0.29, 0.717) is 17.1 Å². The zero-order valence-corrected chi connectivity index (χ0v) is 20.7. The molecule has 0 aliphatic carbocycles. The third-order valence-electron chi connectivity index (χ3n) is 4.89. The van der Waals surface area contributed by atoms with E-state index in [-0.39, 0.29) is 24.1 Å². The monoisotopic (exact) mass is 497 g/mol. The van der Waals surface area contributed by atoms with E-state index in [0.717, 1.165) is 16.6 Å². The third kappa shape index (κ3) is 8.01. The zero-order valence-electron chi connectivity index (χ0n) is 19.1. The lowest BCUT2D eigenvalue weighted by molar-refractivity contribution is -0.139. The minimum atomic E-state index is -3.91. The Bertz CT molecular complexity index is 1080. The molecular weight excluding hydrogens is 469 g/mol. The van der Waals surface area contributed by atoms with Crippen LogP contribution in [0.1, 0.15) is 26.3 Å². The highest BCUT2D eigenvalue weighted by atomic mass is 35.5. The van der Waals surface area contributed by atoms with Crippen molar-refractivity contribution >= 4 is 39.1 Å². The maximum atomic E-state index is 13.7. The van der Waals surface area contributed by atoms with Gasteiger partial charge in [-0.15, -0.1) is 0 Å². The number of rotatable bonds is 10. The topological polar surface area (TPSA) is 86.8 Å². The molecule has 2 aromatic rings. The molecule has 0 saturated heterocycles. The van der Waals surface area contributed by atoms with Crippen molar-refractivity contribution < 1.29 is 22.4 Å². The number of sulfonamides is 1. The Kier molecular flexibility index (Phi) is 9.25. The molecule has 10 heteroatoms. The van der Waals surface area contributed by atoms with Gasteiger partial charge in [-0.05, 0) is 48.7 Å². The smallest absolute Gasteiger partial charge is 0.244 e. The van der Waals surface area contributed by atoms with E-state index in [1.165, 1.54) is 23.1 Å². The van der Waals surface area contributed by atoms with Crippen molar-refractivity contribution in [3.8, 4) is 0 Å². The Morgan fingerprint density at radius 2 is 1.73 bits per heavy atom. The van der Waals surface area contributed by atoms with Crippen LogP contribution in [-0.2, 0) is 26.2 Å². The zero-order chi connectivity index (χ0) is 24.8. The molecule has 0 heterocycles. The highest BCUT2D eigenvalue weighted by Crippen LogP contribution is 2.20. The summed E-state index contributed by atoms with van der Waals surface area (Å²) in [7, 11) is -3.91. The minimum absolute atomic E-state index is 0.0224. The molecule has 1 atom stereocenters.